The van der Waals surface area contributed by atoms with Crippen molar-refractivity contribution in [2.45, 2.75) is 12.2 Å². The van der Waals surface area contributed by atoms with Gasteiger partial charge in [0.2, 0.25) is 0 Å². The van der Waals surface area contributed by atoms with E-state index >= 15 is 0 Å². The van der Waals surface area contributed by atoms with E-state index in [2.05, 4.69) is 15.1 Å². The lowest BCUT2D eigenvalue weighted by atomic mass is 10.4. The number of hydrogen-bond donors (Lipinski definition) is 1. The van der Waals surface area contributed by atoms with E-state index in [0.717, 1.165) is 6.26 Å². The monoisotopic (exact) mass is 274 g/mol. The van der Waals surface area contributed by atoms with Gasteiger partial charge in [-0.3, -0.25) is 0 Å². The lowest BCUT2D eigenvalue weighted by Gasteiger charge is -2.01. The first-order chi connectivity index (χ1) is 7.88. The molecule has 0 bridgehead atoms. The van der Waals surface area contributed by atoms with E-state index in [4.69, 9.17) is 10.3 Å². The molecule has 0 amide bonds. The first kappa shape index (κ1) is 12.0. The largest absolute Gasteiger partial charge is 0.375 e. The Hall–Kier alpha value is -1.48. The van der Waals surface area contributed by atoms with Gasteiger partial charge in [-0.05, 0) is 6.92 Å². The minimum Gasteiger partial charge on any atom is -0.375 e. The highest BCUT2D eigenvalue weighted by molar-refractivity contribution is 7.90. The molecule has 92 valence electrons. The molecule has 0 aromatic carbocycles. The van der Waals surface area contributed by atoms with Gasteiger partial charge in [-0.15, -0.1) is 11.3 Å². The molecule has 0 radical (unpaired) electrons. The quantitative estimate of drug-likeness (QED) is 0.884. The maximum absolute atomic E-state index is 11.3. The van der Waals surface area contributed by atoms with E-state index in [0.29, 0.717) is 10.8 Å². The number of hydrogen-bond acceptors (Lipinski definition) is 8. The first-order valence-corrected chi connectivity index (χ1v) is 7.45. The maximum Gasteiger partial charge on any atom is 0.277 e. The zero-order valence-electron chi connectivity index (χ0n) is 9.11. The standard InChI is InChI=1S/C8H10N4O3S2/c1-4(17(2,13)14)6-11-7(15-12-6)5-3-16-8(9)10-5/h3-4H,1-2H3,(H2,9,10). The summed E-state index contributed by atoms with van der Waals surface area (Å²) in [5.74, 6) is 0.289. The maximum atomic E-state index is 11.3. The lowest BCUT2D eigenvalue weighted by molar-refractivity contribution is 0.421. The molecule has 2 N–H and O–H groups in total. The van der Waals surface area contributed by atoms with Crippen LogP contribution in [0.4, 0.5) is 5.13 Å². The number of nitrogens with zero attached hydrogens (tertiary/aromatic N) is 3. The van der Waals surface area contributed by atoms with Crippen LogP contribution in [0, 0.1) is 0 Å². The average Bonchev–Trinajstić information content (AvgIpc) is 2.83. The Morgan fingerprint density at radius 1 is 1.47 bits per heavy atom. The Morgan fingerprint density at radius 2 is 2.18 bits per heavy atom. The van der Waals surface area contributed by atoms with E-state index in [1.54, 1.807) is 5.38 Å². The SMILES string of the molecule is CC(c1noc(-c2csc(N)n2)n1)S(C)(=O)=O. The molecule has 2 rings (SSSR count). The number of anilines is 1. The van der Waals surface area contributed by atoms with Crippen LogP contribution >= 0.6 is 11.3 Å². The second-order valence-electron chi connectivity index (χ2n) is 3.50. The highest BCUT2D eigenvalue weighted by Crippen LogP contribution is 2.24. The van der Waals surface area contributed by atoms with Crippen molar-refractivity contribution < 1.29 is 12.9 Å². The number of nitrogen functional groups attached to an aromatic ring is 1. The average molecular weight is 274 g/mol. The number of nitrogens with two attached hydrogens (primary N) is 1. The zero-order chi connectivity index (χ0) is 12.6. The molecule has 0 saturated carbocycles. The summed E-state index contributed by atoms with van der Waals surface area (Å²) >= 11 is 1.24. The van der Waals surface area contributed by atoms with Crippen LogP contribution in [-0.4, -0.2) is 29.8 Å². The third-order valence-electron chi connectivity index (χ3n) is 2.19. The Morgan fingerprint density at radius 3 is 2.71 bits per heavy atom. The van der Waals surface area contributed by atoms with E-state index in [9.17, 15) is 8.42 Å². The molecule has 0 aliphatic rings. The summed E-state index contributed by atoms with van der Waals surface area (Å²) in [7, 11) is -3.25. The smallest absolute Gasteiger partial charge is 0.277 e. The molecule has 0 saturated heterocycles. The van der Waals surface area contributed by atoms with Crippen molar-refractivity contribution in [2.75, 3.05) is 12.0 Å². The molecule has 2 heterocycles. The van der Waals surface area contributed by atoms with Gasteiger partial charge in [0.15, 0.2) is 20.8 Å². The fourth-order valence-corrected chi connectivity index (χ4v) is 2.10. The van der Waals surface area contributed by atoms with Gasteiger partial charge in [0, 0.05) is 11.6 Å². The molecule has 2 aromatic rings. The second kappa shape index (κ2) is 4.08. The van der Waals surface area contributed by atoms with Crippen molar-refractivity contribution in [2.24, 2.45) is 0 Å². The van der Waals surface area contributed by atoms with Gasteiger partial charge in [0.05, 0.1) is 0 Å². The molecule has 0 fully saturated rings. The lowest BCUT2D eigenvalue weighted by Crippen LogP contribution is -2.09. The molecular weight excluding hydrogens is 264 g/mol. The predicted molar refractivity (Wildman–Crippen MR) is 63.1 cm³/mol. The van der Waals surface area contributed by atoms with Crippen LogP contribution in [0.5, 0.6) is 0 Å². The summed E-state index contributed by atoms with van der Waals surface area (Å²) in [6.45, 7) is 1.50. The van der Waals surface area contributed by atoms with Crippen LogP contribution < -0.4 is 5.73 Å². The fraction of sp³-hybridized carbons (Fsp3) is 0.375. The summed E-state index contributed by atoms with van der Waals surface area (Å²) in [6, 6.07) is 0. The number of aromatic nitrogens is 3. The third kappa shape index (κ3) is 2.44. The molecule has 2 aromatic heterocycles. The zero-order valence-corrected chi connectivity index (χ0v) is 10.7. The molecule has 1 atom stereocenters. The van der Waals surface area contributed by atoms with Crippen LogP contribution in [0.25, 0.3) is 11.6 Å². The molecular formula is C8H10N4O3S2. The van der Waals surface area contributed by atoms with Gasteiger partial charge in [0.25, 0.3) is 5.89 Å². The fourth-order valence-electron chi connectivity index (χ4n) is 1.08. The summed E-state index contributed by atoms with van der Waals surface area (Å²) in [5, 5.41) is 4.87. The van der Waals surface area contributed by atoms with E-state index in [1.807, 2.05) is 0 Å². The Bertz CT molecular complexity index is 631. The summed E-state index contributed by atoms with van der Waals surface area (Å²) < 4.78 is 27.6. The molecule has 17 heavy (non-hydrogen) atoms. The molecule has 7 nitrogen and oxygen atoms in total. The number of thiazole rings is 1. The minimum absolute atomic E-state index is 0.120. The van der Waals surface area contributed by atoms with E-state index in [-0.39, 0.29) is 11.7 Å². The van der Waals surface area contributed by atoms with Crippen molar-refractivity contribution in [3.63, 3.8) is 0 Å². The van der Waals surface area contributed by atoms with Gasteiger partial charge in [-0.25, -0.2) is 13.4 Å². The van der Waals surface area contributed by atoms with Gasteiger partial charge in [-0.1, -0.05) is 5.16 Å². The van der Waals surface area contributed by atoms with Gasteiger partial charge >= 0.3 is 0 Å². The highest BCUT2D eigenvalue weighted by Gasteiger charge is 2.24. The second-order valence-corrected chi connectivity index (χ2v) is 6.76. The van der Waals surface area contributed by atoms with Crippen LogP contribution in [0.2, 0.25) is 0 Å². The van der Waals surface area contributed by atoms with Crippen LogP contribution in [0.1, 0.15) is 18.0 Å². The molecule has 0 spiro atoms. The van der Waals surface area contributed by atoms with Crippen molar-refractivity contribution >= 4 is 26.3 Å². The highest BCUT2D eigenvalue weighted by atomic mass is 32.2. The van der Waals surface area contributed by atoms with E-state index < -0.39 is 15.1 Å². The van der Waals surface area contributed by atoms with E-state index in [1.165, 1.54) is 18.3 Å². The molecule has 9 heteroatoms. The summed E-state index contributed by atoms with van der Waals surface area (Å²) in [4.78, 5) is 7.96. The Balaban J connectivity index is 2.34. The normalized spacial score (nSPS) is 13.8. The van der Waals surface area contributed by atoms with Gasteiger partial charge in [0.1, 0.15) is 10.9 Å². The van der Waals surface area contributed by atoms with Gasteiger partial charge < -0.3 is 10.3 Å². The number of sulfone groups is 1. The number of rotatable bonds is 3. The summed E-state index contributed by atoms with van der Waals surface area (Å²) in [6.07, 6.45) is 1.12. The van der Waals surface area contributed by atoms with Gasteiger partial charge in [-0.2, -0.15) is 4.98 Å². The molecule has 0 aliphatic heterocycles. The van der Waals surface area contributed by atoms with Crippen molar-refractivity contribution in [3.8, 4) is 11.6 Å². The summed E-state index contributed by atoms with van der Waals surface area (Å²) in [5.41, 5.74) is 5.92. The topological polar surface area (TPSA) is 112 Å². The Labute approximate surface area is 102 Å². The van der Waals surface area contributed by atoms with Crippen molar-refractivity contribution in [1.29, 1.82) is 0 Å². The Kier molecular flexibility index (Phi) is 2.87. The third-order valence-corrected chi connectivity index (χ3v) is 4.36. The van der Waals surface area contributed by atoms with Crippen LogP contribution in [-0.2, 0) is 9.84 Å². The molecule has 0 aliphatic carbocycles. The minimum atomic E-state index is -3.25. The van der Waals surface area contributed by atoms with Crippen LogP contribution in [0.15, 0.2) is 9.90 Å². The van der Waals surface area contributed by atoms with Crippen LogP contribution in [0.3, 0.4) is 0 Å². The first-order valence-electron chi connectivity index (χ1n) is 4.62. The molecule has 1 unspecified atom stereocenters. The van der Waals surface area contributed by atoms with Crippen molar-refractivity contribution in [3.05, 3.63) is 11.2 Å². The van der Waals surface area contributed by atoms with Crippen molar-refractivity contribution in [1.82, 2.24) is 15.1 Å². The predicted octanol–water partition coefficient (Wildman–Crippen LogP) is 0.881.